The van der Waals surface area contributed by atoms with Gasteiger partial charge in [-0.3, -0.25) is 9.69 Å². The van der Waals surface area contributed by atoms with Crippen molar-refractivity contribution in [2.24, 2.45) is 4.99 Å². The van der Waals surface area contributed by atoms with Crippen molar-refractivity contribution in [2.75, 3.05) is 14.2 Å². The summed E-state index contributed by atoms with van der Waals surface area (Å²) in [7, 11) is 3.19. The number of rotatable bonds is 3. The van der Waals surface area contributed by atoms with E-state index in [0.717, 1.165) is 16.8 Å². The van der Waals surface area contributed by atoms with E-state index >= 15 is 0 Å². The zero-order valence-corrected chi connectivity index (χ0v) is 15.9. The van der Waals surface area contributed by atoms with E-state index in [1.165, 1.54) is 23.8 Å². The summed E-state index contributed by atoms with van der Waals surface area (Å²) in [6.07, 6.45) is 1.66. The summed E-state index contributed by atoms with van der Waals surface area (Å²) in [5, 5.41) is 10.8. The number of methoxy groups -OCH3 is 1. The maximum atomic E-state index is 12.6. The smallest absolute Gasteiger partial charge is 0.266 e. The second-order valence-corrected chi connectivity index (χ2v) is 7.07. The van der Waals surface area contributed by atoms with Crippen molar-refractivity contribution in [2.45, 2.75) is 13.8 Å². The number of aliphatic imine (C=N–C) groups is 1. The number of para-hydroxylation sites is 1. The van der Waals surface area contributed by atoms with Crippen LogP contribution >= 0.6 is 11.8 Å². The van der Waals surface area contributed by atoms with Crippen molar-refractivity contribution in [1.29, 1.82) is 0 Å². The molecule has 0 aliphatic carbocycles. The minimum Gasteiger partial charge on any atom is -0.504 e. The Morgan fingerprint density at radius 2 is 2.00 bits per heavy atom. The number of thioether (sulfide) groups is 1. The summed E-state index contributed by atoms with van der Waals surface area (Å²) in [5.74, 6) is 0.229. The van der Waals surface area contributed by atoms with Gasteiger partial charge in [-0.15, -0.1) is 0 Å². The fraction of sp³-hybridized carbons (Fsp3) is 0.200. The molecule has 1 fully saturated rings. The third-order valence-electron chi connectivity index (χ3n) is 4.12. The van der Waals surface area contributed by atoms with Gasteiger partial charge in [-0.1, -0.05) is 24.3 Å². The van der Waals surface area contributed by atoms with Crippen LogP contribution in [-0.4, -0.2) is 35.2 Å². The monoisotopic (exact) mass is 368 g/mol. The molecule has 0 bridgehead atoms. The van der Waals surface area contributed by atoms with E-state index in [1.807, 2.05) is 32.0 Å². The quantitative estimate of drug-likeness (QED) is 0.823. The van der Waals surface area contributed by atoms with E-state index in [9.17, 15) is 9.90 Å². The van der Waals surface area contributed by atoms with Gasteiger partial charge < -0.3 is 9.84 Å². The lowest BCUT2D eigenvalue weighted by Crippen LogP contribution is -2.23. The first kappa shape index (κ1) is 18.1. The van der Waals surface area contributed by atoms with Crippen molar-refractivity contribution in [1.82, 2.24) is 4.90 Å². The van der Waals surface area contributed by atoms with Gasteiger partial charge in [0.1, 0.15) is 0 Å². The largest absolute Gasteiger partial charge is 0.504 e. The van der Waals surface area contributed by atoms with Gasteiger partial charge in [-0.2, -0.15) is 0 Å². The van der Waals surface area contributed by atoms with Crippen LogP contribution in [0.25, 0.3) is 6.08 Å². The van der Waals surface area contributed by atoms with Gasteiger partial charge in [-0.25, -0.2) is 4.99 Å². The summed E-state index contributed by atoms with van der Waals surface area (Å²) < 4.78 is 5.12. The lowest BCUT2D eigenvalue weighted by molar-refractivity contribution is -0.121. The van der Waals surface area contributed by atoms with Gasteiger partial charge in [0.25, 0.3) is 5.91 Å². The Bertz CT molecular complexity index is 935. The molecule has 0 unspecified atom stereocenters. The Kier molecular flexibility index (Phi) is 5.04. The van der Waals surface area contributed by atoms with Gasteiger partial charge >= 0.3 is 0 Å². The predicted octanol–water partition coefficient (Wildman–Crippen LogP) is 4.25. The van der Waals surface area contributed by atoms with Gasteiger partial charge in [0.05, 0.1) is 17.7 Å². The molecule has 6 heteroatoms. The molecular formula is C20H20N2O3S. The van der Waals surface area contributed by atoms with Crippen molar-refractivity contribution in [3.8, 4) is 11.5 Å². The highest BCUT2D eigenvalue weighted by atomic mass is 32.2. The van der Waals surface area contributed by atoms with Crippen LogP contribution in [0.4, 0.5) is 5.69 Å². The van der Waals surface area contributed by atoms with Crippen LogP contribution in [0.15, 0.2) is 46.3 Å². The lowest BCUT2D eigenvalue weighted by atomic mass is 10.1. The lowest BCUT2D eigenvalue weighted by Gasteiger charge is -2.08. The number of hydrogen-bond acceptors (Lipinski definition) is 5. The number of aromatic hydroxyl groups is 1. The highest BCUT2D eigenvalue weighted by Gasteiger charge is 2.30. The number of amidine groups is 1. The van der Waals surface area contributed by atoms with E-state index in [2.05, 4.69) is 4.99 Å². The van der Waals surface area contributed by atoms with Crippen LogP contribution in [-0.2, 0) is 4.79 Å². The van der Waals surface area contributed by atoms with Crippen LogP contribution in [0.2, 0.25) is 0 Å². The van der Waals surface area contributed by atoms with E-state index in [-0.39, 0.29) is 11.7 Å². The third kappa shape index (κ3) is 3.46. The number of benzene rings is 2. The van der Waals surface area contributed by atoms with Gasteiger partial charge in [0, 0.05) is 12.6 Å². The molecule has 0 aromatic heterocycles. The summed E-state index contributed by atoms with van der Waals surface area (Å²) in [6, 6.07) is 11.2. The predicted molar refractivity (Wildman–Crippen MR) is 106 cm³/mol. The summed E-state index contributed by atoms with van der Waals surface area (Å²) in [4.78, 5) is 19.2. The fourth-order valence-electron chi connectivity index (χ4n) is 2.56. The fourth-order valence-corrected chi connectivity index (χ4v) is 3.53. The molecule has 2 aromatic carbocycles. The summed E-state index contributed by atoms with van der Waals surface area (Å²) in [5.41, 5.74) is 3.54. The molecule has 1 aliphatic rings. The molecule has 134 valence electrons. The van der Waals surface area contributed by atoms with Crippen LogP contribution in [0.3, 0.4) is 0 Å². The molecule has 1 saturated heterocycles. The molecule has 26 heavy (non-hydrogen) atoms. The minimum absolute atomic E-state index is 0.0125. The Balaban J connectivity index is 1.97. The zero-order chi connectivity index (χ0) is 18.8. The molecule has 0 radical (unpaired) electrons. The van der Waals surface area contributed by atoms with Crippen LogP contribution in [0, 0.1) is 13.8 Å². The van der Waals surface area contributed by atoms with Gasteiger partial charge in [0.2, 0.25) is 0 Å². The number of carbonyl (C=O) groups is 1. The van der Waals surface area contributed by atoms with Crippen molar-refractivity contribution >= 4 is 34.6 Å². The van der Waals surface area contributed by atoms with Gasteiger partial charge in [-0.05, 0) is 54.9 Å². The normalized spacial score (nSPS) is 17.4. The van der Waals surface area contributed by atoms with E-state index in [0.29, 0.717) is 21.4 Å². The Morgan fingerprint density at radius 3 is 2.73 bits per heavy atom. The maximum absolute atomic E-state index is 12.6. The van der Waals surface area contributed by atoms with Crippen molar-refractivity contribution in [3.63, 3.8) is 0 Å². The molecule has 5 nitrogen and oxygen atoms in total. The Hall–Kier alpha value is -2.73. The Morgan fingerprint density at radius 1 is 1.23 bits per heavy atom. The molecule has 0 saturated carbocycles. The molecule has 1 amide bonds. The number of phenolic OH excluding ortho intramolecular Hbond substituents is 1. The molecule has 1 aliphatic heterocycles. The topological polar surface area (TPSA) is 62.1 Å². The second kappa shape index (κ2) is 7.25. The molecule has 0 atom stereocenters. The maximum Gasteiger partial charge on any atom is 0.266 e. The molecule has 1 N–H and O–H groups in total. The zero-order valence-electron chi connectivity index (χ0n) is 15.1. The van der Waals surface area contributed by atoms with E-state index in [4.69, 9.17) is 4.74 Å². The van der Waals surface area contributed by atoms with Crippen LogP contribution < -0.4 is 4.74 Å². The molecule has 3 rings (SSSR count). The van der Waals surface area contributed by atoms with E-state index in [1.54, 1.807) is 31.3 Å². The molecule has 0 spiro atoms. The third-order valence-corrected chi connectivity index (χ3v) is 5.18. The first-order chi connectivity index (χ1) is 12.4. The second-order valence-electron chi connectivity index (χ2n) is 6.06. The van der Waals surface area contributed by atoms with E-state index < -0.39 is 0 Å². The first-order valence-electron chi connectivity index (χ1n) is 8.10. The average molecular weight is 368 g/mol. The molecular weight excluding hydrogens is 348 g/mol. The summed E-state index contributed by atoms with van der Waals surface area (Å²) >= 11 is 1.29. The average Bonchev–Trinajstić information content (AvgIpc) is 2.88. The number of aryl methyl sites for hydroxylation is 2. The van der Waals surface area contributed by atoms with Crippen molar-refractivity contribution < 1.29 is 14.6 Å². The number of amides is 1. The number of carbonyl (C=O) groups excluding carboxylic acids is 1. The minimum atomic E-state index is -0.152. The summed E-state index contributed by atoms with van der Waals surface area (Å²) in [6.45, 7) is 4.00. The number of hydrogen-bond donors (Lipinski definition) is 1. The number of likely N-dealkylation sites (N-methyl/N-ethyl adjacent to an activating group) is 1. The van der Waals surface area contributed by atoms with Crippen molar-refractivity contribution in [3.05, 3.63) is 58.0 Å². The highest BCUT2D eigenvalue weighted by molar-refractivity contribution is 8.18. The van der Waals surface area contributed by atoms with Crippen LogP contribution in [0.1, 0.15) is 16.7 Å². The standard InChI is InChI=1S/C20H20N2O3S/c1-12-8-9-13(2)15(10-12)21-20-22(3)19(24)17(26-20)11-14-6-5-7-16(25-4)18(14)23/h5-11,23H,1-4H3. The molecule has 1 heterocycles. The Labute approximate surface area is 157 Å². The number of ether oxygens (including phenoxy) is 1. The molecule has 2 aromatic rings. The SMILES string of the molecule is COc1cccc(C=C2SC(=Nc3cc(C)ccc3C)N(C)C2=O)c1O. The number of nitrogens with zero attached hydrogens (tertiary/aromatic N) is 2. The van der Waals surface area contributed by atoms with Gasteiger partial charge in [0.15, 0.2) is 16.7 Å². The highest BCUT2D eigenvalue weighted by Crippen LogP contribution is 2.37. The first-order valence-corrected chi connectivity index (χ1v) is 8.92. The van der Waals surface area contributed by atoms with Crippen LogP contribution in [0.5, 0.6) is 11.5 Å². The number of phenols is 1.